The summed E-state index contributed by atoms with van der Waals surface area (Å²) in [5.41, 5.74) is 0.748. The van der Waals surface area contributed by atoms with Gasteiger partial charge in [0.15, 0.2) is 11.6 Å². The van der Waals surface area contributed by atoms with Gasteiger partial charge in [-0.05, 0) is 37.5 Å². The van der Waals surface area contributed by atoms with Crippen LogP contribution in [0.3, 0.4) is 0 Å². The van der Waals surface area contributed by atoms with E-state index in [-0.39, 0.29) is 29.9 Å². The van der Waals surface area contributed by atoms with E-state index in [0.717, 1.165) is 18.4 Å². The largest absolute Gasteiger partial charge is 0.494 e. The highest BCUT2D eigenvalue weighted by Gasteiger charge is 2.40. The molecule has 1 N–H and O–H groups in total. The fourth-order valence-electron chi connectivity index (χ4n) is 2.92. The molecule has 5 heteroatoms. The number of amides is 1. The van der Waals surface area contributed by atoms with Gasteiger partial charge in [-0.25, -0.2) is 4.39 Å². The van der Waals surface area contributed by atoms with Crippen molar-refractivity contribution in [3.63, 3.8) is 0 Å². The van der Waals surface area contributed by atoms with E-state index in [1.54, 1.807) is 12.1 Å². The fraction of sp³-hybridized carbons (Fsp3) is 0.562. The van der Waals surface area contributed by atoms with Gasteiger partial charge in [-0.3, -0.25) is 10.1 Å². The van der Waals surface area contributed by atoms with Crippen LogP contribution in [0.1, 0.15) is 45.3 Å². The number of rotatable bonds is 5. The summed E-state index contributed by atoms with van der Waals surface area (Å²) in [6.45, 7) is 5.98. The molecule has 2 atom stereocenters. The fourth-order valence-corrected chi connectivity index (χ4v) is 2.92. The quantitative estimate of drug-likeness (QED) is 0.908. The van der Waals surface area contributed by atoms with E-state index in [1.165, 1.54) is 13.2 Å². The predicted octanol–water partition coefficient (Wildman–Crippen LogP) is 2.84. The first-order chi connectivity index (χ1) is 10.0. The molecule has 1 amide bonds. The standard InChI is InChI=1S/C16H23FN2O2/c1-5-12(6-2)19-15(18-10(3)16(19)20)11-7-8-14(21-4)13(17)9-11/h7-10,12,15,18H,5-6H2,1-4H3. The van der Waals surface area contributed by atoms with Crippen LogP contribution >= 0.6 is 0 Å². The summed E-state index contributed by atoms with van der Waals surface area (Å²) >= 11 is 0. The van der Waals surface area contributed by atoms with Gasteiger partial charge in [-0.1, -0.05) is 19.9 Å². The maximum atomic E-state index is 13.9. The molecule has 1 heterocycles. The Kier molecular flexibility index (Phi) is 4.83. The van der Waals surface area contributed by atoms with Crippen LogP contribution in [0.25, 0.3) is 0 Å². The molecular formula is C16H23FN2O2. The van der Waals surface area contributed by atoms with Crippen molar-refractivity contribution in [3.8, 4) is 5.75 Å². The van der Waals surface area contributed by atoms with Crippen molar-refractivity contribution in [3.05, 3.63) is 29.6 Å². The summed E-state index contributed by atoms with van der Waals surface area (Å²) in [5.74, 6) is -0.122. The monoisotopic (exact) mass is 294 g/mol. The van der Waals surface area contributed by atoms with Crippen molar-refractivity contribution in [2.75, 3.05) is 7.11 Å². The molecule has 0 spiro atoms. The molecule has 1 aromatic carbocycles. The minimum absolute atomic E-state index is 0.0740. The number of nitrogens with one attached hydrogen (secondary N) is 1. The number of ether oxygens (including phenoxy) is 1. The lowest BCUT2D eigenvalue weighted by molar-refractivity contribution is -0.132. The van der Waals surface area contributed by atoms with Gasteiger partial charge in [0.05, 0.1) is 13.2 Å². The maximum absolute atomic E-state index is 13.9. The molecule has 0 aliphatic carbocycles. The summed E-state index contributed by atoms with van der Waals surface area (Å²) in [7, 11) is 1.44. The first kappa shape index (κ1) is 15.8. The smallest absolute Gasteiger partial charge is 0.241 e. The summed E-state index contributed by atoms with van der Waals surface area (Å²) in [6, 6.07) is 4.76. The topological polar surface area (TPSA) is 41.6 Å². The normalized spacial score (nSPS) is 22.2. The Morgan fingerprint density at radius 1 is 1.38 bits per heavy atom. The van der Waals surface area contributed by atoms with Crippen molar-refractivity contribution < 1.29 is 13.9 Å². The number of halogens is 1. The van der Waals surface area contributed by atoms with E-state index < -0.39 is 5.82 Å². The molecule has 116 valence electrons. The highest BCUT2D eigenvalue weighted by molar-refractivity contribution is 5.84. The second-order valence-corrected chi connectivity index (χ2v) is 5.40. The zero-order valence-electron chi connectivity index (χ0n) is 13.0. The zero-order chi connectivity index (χ0) is 15.6. The van der Waals surface area contributed by atoms with Crippen LogP contribution < -0.4 is 10.1 Å². The Morgan fingerprint density at radius 3 is 2.57 bits per heavy atom. The molecule has 1 saturated heterocycles. The first-order valence-corrected chi connectivity index (χ1v) is 7.45. The van der Waals surface area contributed by atoms with Crippen LogP contribution in [0.4, 0.5) is 4.39 Å². The molecule has 1 fully saturated rings. The number of carbonyl (C=O) groups is 1. The lowest BCUT2D eigenvalue weighted by Gasteiger charge is -2.32. The van der Waals surface area contributed by atoms with Gasteiger partial charge in [0.1, 0.15) is 6.17 Å². The van der Waals surface area contributed by atoms with E-state index in [1.807, 2.05) is 11.8 Å². The van der Waals surface area contributed by atoms with Crippen molar-refractivity contribution in [2.45, 2.75) is 51.9 Å². The summed E-state index contributed by atoms with van der Waals surface area (Å²) in [4.78, 5) is 14.3. The second-order valence-electron chi connectivity index (χ2n) is 5.40. The van der Waals surface area contributed by atoms with E-state index in [9.17, 15) is 9.18 Å². The van der Waals surface area contributed by atoms with Crippen LogP contribution in [0.5, 0.6) is 5.75 Å². The van der Waals surface area contributed by atoms with Crippen molar-refractivity contribution in [1.82, 2.24) is 10.2 Å². The van der Waals surface area contributed by atoms with Crippen molar-refractivity contribution >= 4 is 5.91 Å². The number of hydrogen-bond acceptors (Lipinski definition) is 3. The number of nitrogens with zero attached hydrogens (tertiary/aromatic N) is 1. The molecule has 1 aromatic rings. The molecule has 0 bridgehead atoms. The number of carbonyl (C=O) groups excluding carboxylic acids is 1. The molecule has 2 unspecified atom stereocenters. The number of methoxy groups -OCH3 is 1. The van der Waals surface area contributed by atoms with Crippen LogP contribution in [0.15, 0.2) is 18.2 Å². The maximum Gasteiger partial charge on any atom is 0.241 e. The lowest BCUT2D eigenvalue weighted by Crippen LogP contribution is -2.39. The molecule has 1 aliphatic rings. The van der Waals surface area contributed by atoms with Gasteiger partial charge in [0.2, 0.25) is 5.91 Å². The van der Waals surface area contributed by atoms with E-state index >= 15 is 0 Å². The van der Waals surface area contributed by atoms with Gasteiger partial charge < -0.3 is 9.64 Å². The number of hydrogen-bond donors (Lipinski definition) is 1. The Morgan fingerprint density at radius 2 is 2.05 bits per heavy atom. The van der Waals surface area contributed by atoms with Gasteiger partial charge >= 0.3 is 0 Å². The minimum atomic E-state index is -0.409. The Bertz CT molecular complexity index is 517. The second kappa shape index (κ2) is 6.43. The molecular weight excluding hydrogens is 271 g/mol. The highest BCUT2D eigenvalue weighted by Crippen LogP contribution is 2.31. The van der Waals surface area contributed by atoms with E-state index in [2.05, 4.69) is 19.2 Å². The van der Waals surface area contributed by atoms with Gasteiger partial charge in [0, 0.05) is 6.04 Å². The highest BCUT2D eigenvalue weighted by atomic mass is 19.1. The van der Waals surface area contributed by atoms with Crippen LogP contribution in [0.2, 0.25) is 0 Å². The number of benzene rings is 1. The zero-order valence-corrected chi connectivity index (χ0v) is 13.0. The summed E-state index contributed by atoms with van der Waals surface area (Å²) in [6.07, 6.45) is 1.48. The Balaban J connectivity index is 2.36. The molecule has 0 aromatic heterocycles. The van der Waals surface area contributed by atoms with Crippen molar-refractivity contribution in [1.29, 1.82) is 0 Å². The molecule has 0 saturated carbocycles. The molecule has 4 nitrogen and oxygen atoms in total. The lowest BCUT2D eigenvalue weighted by atomic mass is 10.1. The minimum Gasteiger partial charge on any atom is -0.494 e. The third kappa shape index (κ3) is 2.88. The van der Waals surface area contributed by atoms with E-state index in [0.29, 0.717) is 0 Å². The summed E-state index contributed by atoms with van der Waals surface area (Å²) < 4.78 is 18.9. The van der Waals surface area contributed by atoms with Crippen molar-refractivity contribution in [2.24, 2.45) is 0 Å². The molecule has 1 aliphatic heterocycles. The van der Waals surface area contributed by atoms with Gasteiger partial charge in [0.25, 0.3) is 0 Å². The molecule has 0 radical (unpaired) electrons. The third-order valence-electron chi connectivity index (χ3n) is 4.14. The Hall–Kier alpha value is -1.62. The average molecular weight is 294 g/mol. The van der Waals surface area contributed by atoms with E-state index in [4.69, 9.17) is 4.74 Å². The van der Waals surface area contributed by atoms with Gasteiger partial charge in [-0.2, -0.15) is 0 Å². The Labute approximate surface area is 125 Å². The molecule has 21 heavy (non-hydrogen) atoms. The van der Waals surface area contributed by atoms with Gasteiger partial charge in [-0.15, -0.1) is 0 Å². The third-order valence-corrected chi connectivity index (χ3v) is 4.14. The predicted molar refractivity (Wildman–Crippen MR) is 79.5 cm³/mol. The van der Waals surface area contributed by atoms with Crippen LogP contribution in [0, 0.1) is 5.82 Å². The van der Waals surface area contributed by atoms with Crippen LogP contribution in [-0.4, -0.2) is 30.0 Å². The first-order valence-electron chi connectivity index (χ1n) is 7.45. The average Bonchev–Trinajstić information content (AvgIpc) is 2.77. The molecule has 2 rings (SSSR count). The van der Waals surface area contributed by atoms with Crippen LogP contribution in [-0.2, 0) is 4.79 Å². The summed E-state index contributed by atoms with van der Waals surface area (Å²) in [5, 5.41) is 3.25. The SMILES string of the molecule is CCC(CC)N1C(=O)C(C)NC1c1ccc(OC)c(F)c1.